The predicted molar refractivity (Wildman–Crippen MR) is 262 cm³/mol. The van der Waals surface area contributed by atoms with Gasteiger partial charge in [0.2, 0.25) is 0 Å². The summed E-state index contributed by atoms with van der Waals surface area (Å²) in [6, 6.07) is 49.5. The van der Waals surface area contributed by atoms with E-state index < -0.39 is 0 Å². The van der Waals surface area contributed by atoms with Crippen molar-refractivity contribution in [3.8, 4) is 22.3 Å². The van der Waals surface area contributed by atoms with Crippen molar-refractivity contribution in [3.63, 3.8) is 0 Å². The third-order valence-corrected chi connectivity index (χ3v) is 16.7. The van der Waals surface area contributed by atoms with Crippen molar-refractivity contribution in [2.24, 2.45) is 0 Å². The van der Waals surface area contributed by atoms with E-state index in [-0.39, 0.29) is 28.6 Å². The fraction of sp³-hybridized carbons (Fsp3) is 0.286. The van der Waals surface area contributed by atoms with Crippen molar-refractivity contribution in [2.45, 2.75) is 103 Å². The van der Waals surface area contributed by atoms with Crippen LogP contribution in [-0.2, 0) is 16.2 Å². The predicted octanol–water partition coefficient (Wildman–Crippen LogP) is 14.4. The Kier molecular flexibility index (Phi) is 7.41. The Hall–Kier alpha value is -5.32. The van der Waals surface area contributed by atoms with Crippen LogP contribution in [0.25, 0.3) is 53.2 Å². The molecule has 1 fully saturated rings. The van der Waals surface area contributed by atoms with Gasteiger partial charge in [0, 0.05) is 59.3 Å². The van der Waals surface area contributed by atoms with E-state index >= 15 is 0 Å². The molecule has 12 rings (SSSR count). The number of hydrogen-bond donors (Lipinski definition) is 0. The molecule has 4 heteroatoms. The van der Waals surface area contributed by atoms with Gasteiger partial charge in [-0.1, -0.05) is 152 Å². The van der Waals surface area contributed by atoms with Crippen LogP contribution in [0.3, 0.4) is 0 Å². The van der Waals surface area contributed by atoms with Crippen molar-refractivity contribution >= 4 is 82.8 Å². The zero-order chi connectivity index (χ0) is 41.1. The van der Waals surface area contributed by atoms with Gasteiger partial charge in [-0.3, -0.25) is 0 Å². The van der Waals surface area contributed by atoms with Crippen LogP contribution in [0.2, 0.25) is 0 Å². The largest absolute Gasteiger partial charge is 0.400 e. The molecule has 296 valence electrons. The van der Waals surface area contributed by atoms with E-state index in [9.17, 15) is 0 Å². The average Bonchev–Trinajstić information content (AvgIpc) is 3.72. The summed E-state index contributed by atoms with van der Waals surface area (Å²) < 4.78 is 2.78. The van der Waals surface area contributed by atoms with Crippen LogP contribution in [0, 0.1) is 0 Å². The van der Waals surface area contributed by atoms with Gasteiger partial charge >= 0.3 is 6.85 Å². The molecule has 0 spiro atoms. The van der Waals surface area contributed by atoms with Gasteiger partial charge in [-0.05, 0) is 117 Å². The van der Waals surface area contributed by atoms with Gasteiger partial charge < -0.3 is 9.71 Å². The lowest BCUT2D eigenvalue weighted by Gasteiger charge is -2.55. The van der Waals surface area contributed by atoms with Gasteiger partial charge in [0.15, 0.2) is 0 Å². The fourth-order valence-electron chi connectivity index (χ4n) is 12.1. The molecule has 4 aliphatic rings. The van der Waals surface area contributed by atoms with Crippen LogP contribution in [0.1, 0.15) is 97.8 Å². The van der Waals surface area contributed by atoms with Crippen LogP contribution in [-0.4, -0.2) is 12.4 Å². The zero-order valence-electron chi connectivity index (χ0n) is 36.3. The molecule has 2 unspecified atom stereocenters. The molecule has 2 nitrogen and oxygen atoms in total. The third kappa shape index (κ3) is 4.72. The van der Waals surface area contributed by atoms with Crippen LogP contribution in [0.5, 0.6) is 0 Å². The highest BCUT2D eigenvalue weighted by Crippen LogP contribution is 2.64. The first-order chi connectivity index (χ1) is 28.8. The highest BCUT2D eigenvalue weighted by molar-refractivity contribution is 7.27. The van der Waals surface area contributed by atoms with Crippen molar-refractivity contribution in [3.05, 3.63) is 144 Å². The summed E-state index contributed by atoms with van der Waals surface area (Å²) in [6.45, 7) is 19.6. The summed E-state index contributed by atoms with van der Waals surface area (Å²) in [4.78, 5) is 5.71. The molecule has 0 radical (unpaired) electrons. The minimum absolute atomic E-state index is 0.00232. The van der Waals surface area contributed by atoms with E-state index in [1.807, 2.05) is 11.3 Å². The molecule has 1 aromatic heterocycles. The first-order valence-electron chi connectivity index (χ1n) is 22.3. The van der Waals surface area contributed by atoms with E-state index in [1.165, 1.54) is 124 Å². The highest BCUT2D eigenvalue weighted by Gasteiger charge is 2.63. The molecule has 1 aliphatic carbocycles. The molecule has 60 heavy (non-hydrogen) atoms. The molecule has 7 aromatic carbocycles. The second-order valence-corrected chi connectivity index (χ2v) is 21.9. The second-order valence-electron chi connectivity index (χ2n) is 20.8. The van der Waals surface area contributed by atoms with E-state index in [1.54, 1.807) is 5.56 Å². The van der Waals surface area contributed by atoms with E-state index in [0.717, 1.165) is 0 Å². The smallest absolute Gasteiger partial charge is 0.330 e. The number of benzene rings is 7. The molecular weight excluding hydrogens is 744 g/mol. The molecule has 0 bridgehead atoms. The van der Waals surface area contributed by atoms with Crippen molar-refractivity contribution < 1.29 is 0 Å². The summed E-state index contributed by atoms with van der Waals surface area (Å²) in [5.74, 6) is 0. The lowest BCUT2D eigenvalue weighted by Crippen LogP contribution is -2.70. The summed E-state index contributed by atoms with van der Waals surface area (Å²) in [5.41, 5.74) is 18.0. The third-order valence-electron chi connectivity index (χ3n) is 15.5. The van der Waals surface area contributed by atoms with Crippen LogP contribution >= 0.6 is 11.3 Å². The maximum absolute atomic E-state index is 3.02. The van der Waals surface area contributed by atoms with Crippen LogP contribution in [0.4, 0.5) is 22.7 Å². The molecule has 0 N–H and O–H groups in total. The van der Waals surface area contributed by atoms with Crippen molar-refractivity contribution in [1.29, 1.82) is 0 Å². The van der Waals surface area contributed by atoms with Gasteiger partial charge in [0.1, 0.15) is 0 Å². The van der Waals surface area contributed by atoms with E-state index in [0.29, 0.717) is 0 Å². The summed E-state index contributed by atoms with van der Waals surface area (Å²) in [7, 11) is 0. The maximum Gasteiger partial charge on any atom is 0.330 e. The minimum atomic E-state index is -0.0635. The Labute approximate surface area is 360 Å². The average molecular weight is 797 g/mol. The molecule has 0 amide bonds. The number of rotatable bonds is 2. The molecule has 2 atom stereocenters. The number of nitrogens with zero attached hydrogens (tertiary/aromatic N) is 2. The number of hydrogen-bond acceptors (Lipinski definition) is 3. The SMILES string of the molecule is CC(C)(C)c1ccc(N2c3cc4ccccc4c4c3B(c3c2ccc2c3sc3ccccc32)N2c3c-4cc(C(C)(C)C)cc3C3(C)CCCCC23C)c(-c2ccccc2)c1. The van der Waals surface area contributed by atoms with Crippen molar-refractivity contribution in [2.75, 3.05) is 9.71 Å². The molecule has 1 saturated carbocycles. The lowest BCUT2D eigenvalue weighted by atomic mass is 9.42. The van der Waals surface area contributed by atoms with Gasteiger partial charge in [-0.2, -0.15) is 0 Å². The first kappa shape index (κ1) is 36.5. The normalized spacial score (nSPS) is 20.4. The van der Waals surface area contributed by atoms with Gasteiger partial charge in [-0.25, -0.2) is 0 Å². The maximum atomic E-state index is 3.02. The standard InChI is InChI=1S/C56H53BN2S/c1-53(2,3)36-24-26-44(41(31-36)34-18-10-9-11-19-34)58-45-27-25-40-39-22-14-15-23-47(39)60-52(40)50(45)57-49-46(58)30-35-20-12-13-21-38(35)48(49)42-32-37(54(4,5)6)33-43-51(42)59(57)56(8)29-17-16-28-55(43,56)7/h9-15,18-27,30-33H,16-17,28-29H2,1-8H3. The number of fused-ring (bicyclic) bond motifs is 13. The topological polar surface area (TPSA) is 6.48 Å². The Balaban J connectivity index is 1.29. The monoisotopic (exact) mass is 796 g/mol. The molecule has 4 heterocycles. The van der Waals surface area contributed by atoms with Crippen molar-refractivity contribution in [1.82, 2.24) is 0 Å². The van der Waals surface area contributed by atoms with Gasteiger partial charge in [0.05, 0.1) is 5.69 Å². The Morgan fingerprint density at radius 2 is 1.27 bits per heavy atom. The summed E-state index contributed by atoms with van der Waals surface area (Å²) in [5, 5.41) is 5.39. The lowest BCUT2D eigenvalue weighted by molar-refractivity contribution is 0.199. The minimum Gasteiger partial charge on any atom is -0.400 e. The molecule has 8 aromatic rings. The van der Waals surface area contributed by atoms with Gasteiger partial charge in [-0.15, -0.1) is 11.3 Å². The van der Waals surface area contributed by atoms with Crippen LogP contribution in [0.15, 0.2) is 127 Å². The quantitative estimate of drug-likeness (QED) is 0.161. The van der Waals surface area contributed by atoms with Gasteiger partial charge in [0.25, 0.3) is 0 Å². The molecular formula is C56H53BN2S. The van der Waals surface area contributed by atoms with Crippen LogP contribution < -0.4 is 20.6 Å². The molecule has 3 aliphatic heterocycles. The van der Waals surface area contributed by atoms with E-state index in [2.05, 4.69) is 192 Å². The fourth-order valence-corrected chi connectivity index (χ4v) is 13.4. The Bertz CT molecular complexity index is 3130. The second kappa shape index (κ2) is 12.2. The Morgan fingerprint density at radius 3 is 2.05 bits per heavy atom. The Morgan fingerprint density at radius 1 is 0.583 bits per heavy atom. The van der Waals surface area contributed by atoms with E-state index in [4.69, 9.17) is 0 Å². The number of thiophene rings is 1. The first-order valence-corrected chi connectivity index (χ1v) is 23.1. The number of anilines is 4. The highest BCUT2D eigenvalue weighted by atomic mass is 32.1. The summed E-state index contributed by atoms with van der Waals surface area (Å²) in [6.07, 6.45) is 4.93. The zero-order valence-corrected chi connectivity index (χ0v) is 37.1. The summed E-state index contributed by atoms with van der Waals surface area (Å²) >= 11 is 2.00. The molecule has 0 saturated heterocycles.